The molecule has 2 aromatic rings. The van der Waals surface area contributed by atoms with Crippen LogP contribution in [-0.4, -0.2) is 32.9 Å². The molecule has 0 radical (unpaired) electrons. The highest BCUT2D eigenvalue weighted by Gasteiger charge is 2.20. The predicted octanol–water partition coefficient (Wildman–Crippen LogP) is 2.91. The lowest BCUT2D eigenvalue weighted by Crippen LogP contribution is -2.31. The maximum atomic E-state index is 12.4. The molecule has 0 unspecified atom stereocenters. The van der Waals surface area contributed by atoms with Crippen LogP contribution in [0, 0.1) is 11.3 Å². The zero-order chi connectivity index (χ0) is 16.9. The van der Waals surface area contributed by atoms with Crippen molar-refractivity contribution >= 4 is 21.6 Å². The summed E-state index contributed by atoms with van der Waals surface area (Å²) in [5.41, 5.74) is 0.301. The van der Waals surface area contributed by atoms with Crippen LogP contribution in [0.25, 0.3) is 0 Å². The smallest absolute Gasteiger partial charge is 0.242 e. The number of hydrogen-bond donors (Lipinski definition) is 0. The molecule has 0 amide bonds. The highest BCUT2D eigenvalue weighted by Crippen LogP contribution is 2.18. The van der Waals surface area contributed by atoms with Crippen LogP contribution in [0.15, 0.2) is 53.4 Å². The number of nitrogens with zero attached hydrogens (tertiary/aromatic N) is 2. The molecule has 0 heterocycles. The topological polar surface area (TPSA) is 70.4 Å². The minimum atomic E-state index is -3.66. The van der Waals surface area contributed by atoms with Gasteiger partial charge < -0.3 is 4.74 Å². The molecule has 0 aromatic heterocycles. The van der Waals surface area contributed by atoms with Crippen molar-refractivity contribution in [2.45, 2.75) is 4.90 Å². The van der Waals surface area contributed by atoms with E-state index >= 15 is 0 Å². The Morgan fingerprint density at radius 2 is 1.96 bits per heavy atom. The molecule has 23 heavy (non-hydrogen) atoms. The molecule has 5 nitrogen and oxygen atoms in total. The van der Waals surface area contributed by atoms with Gasteiger partial charge in [-0.05, 0) is 36.4 Å². The maximum absolute atomic E-state index is 12.4. The molecule has 0 saturated heterocycles. The van der Waals surface area contributed by atoms with Gasteiger partial charge in [0.05, 0.1) is 16.5 Å². The molecule has 0 fully saturated rings. The van der Waals surface area contributed by atoms with E-state index in [0.717, 1.165) is 0 Å². The molecule has 0 aliphatic heterocycles. The molecule has 0 aliphatic rings. The average Bonchev–Trinajstić information content (AvgIpc) is 2.55. The minimum Gasteiger partial charge on any atom is -0.492 e. The van der Waals surface area contributed by atoms with Gasteiger partial charge in [0.15, 0.2) is 0 Å². The lowest BCUT2D eigenvalue weighted by molar-refractivity contribution is 0.287. The standard InChI is InChI=1S/C16H15ClN2O3S/c1-19(8-9-22-15-6-3-5-14(17)11-15)23(20,21)16-7-2-4-13(10-16)12-18/h2-7,10-11H,8-9H2,1H3. The highest BCUT2D eigenvalue weighted by molar-refractivity contribution is 7.89. The van der Waals surface area contributed by atoms with Crippen LogP contribution in [0.2, 0.25) is 5.02 Å². The molecule has 0 atom stereocenters. The summed E-state index contributed by atoms with van der Waals surface area (Å²) < 4.78 is 31.6. The summed E-state index contributed by atoms with van der Waals surface area (Å²) in [4.78, 5) is 0.0850. The van der Waals surface area contributed by atoms with Crippen molar-refractivity contribution in [3.63, 3.8) is 0 Å². The number of hydrogen-bond acceptors (Lipinski definition) is 4. The largest absolute Gasteiger partial charge is 0.492 e. The van der Waals surface area contributed by atoms with Crippen LogP contribution in [0.5, 0.6) is 5.75 Å². The van der Waals surface area contributed by atoms with Gasteiger partial charge in [0.25, 0.3) is 0 Å². The second-order valence-corrected chi connectivity index (χ2v) is 7.25. The summed E-state index contributed by atoms with van der Waals surface area (Å²) >= 11 is 5.85. The molecule has 7 heteroatoms. The number of likely N-dealkylation sites (N-methyl/N-ethyl adjacent to an activating group) is 1. The third kappa shape index (κ3) is 4.45. The summed E-state index contributed by atoms with van der Waals surface area (Å²) in [6.45, 7) is 0.361. The second-order valence-electron chi connectivity index (χ2n) is 4.77. The predicted molar refractivity (Wildman–Crippen MR) is 87.9 cm³/mol. The van der Waals surface area contributed by atoms with E-state index in [2.05, 4.69) is 0 Å². The Hall–Kier alpha value is -2.07. The third-order valence-electron chi connectivity index (χ3n) is 3.14. The molecule has 0 N–H and O–H groups in total. The average molecular weight is 351 g/mol. The fourth-order valence-corrected chi connectivity index (χ4v) is 3.26. The summed E-state index contributed by atoms with van der Waals surface area (Å²) in [6, 6.07) is 14.7. The fraction of sp³-hybridized carbons (Fsp3) is 0.188. The maximum Gasteiger partial charge on any atom is 0.242 e. The number of benzene rings is 2. The summed E-state index contributed by atoms with van der Waals surface area (Å²) in [7, 11) is -2.19. The molecule has 0 saturated carbocycles. The van der Waals surface area contributed by atoms with Gasteiger partial charge in [-0.25, -0.2) is 8.42 Å². The first-order chi connectivity index (χ1) is 10.9. The lowest BCUT2D eigenvalue weighted by atomic mass is 10.2. The van der Waals surface area contributed by atoms with Crippen molar-refractivity contribution in [3.05, 3.63) is 59.1 Å². The van der Waals surface area contributed by atoms with Crippen molar-refractivity contribution < 1.29 is 13.2 Å². The first-order valence-corrected chi connectivity index (χ1v) is 8.60. The van der Waals surface area contributed by atoms with Gasteiger partial charge in [0.1, 0.15) is 12.4 Å². The number of halogens is 1. The molecule has 120 valence electrons. The first-order valence-electron chi connectivity index (χ1n) is 6.78. The number of rotatable bonds is 6. The Balaban J connectivity index is 2.01. The van der Waals surface area contributed by atoms with Gasteiger partial charge in [-0.3, -0.25) is 0 Å². The summed E-state index contributed by atoms with van der Waals surface area (Å²) in [5.74, 6) is 0.578. The Kier molecular flexibility index (Phi) is 5.61. The fourth-order valence-electron chi connectivity index (χ4n) is 1.88. The SMILES string of the molecule is CN(CCOc1cccc(Cl)c1)S(=O)(=O)c1cccc(C#N)c1. The Morgan fingerprint density at radius 1 is 1.22 bits per heavy atom. The van der Waals surface area contributed by atoms with Crippen molar-refractivity contribution in [3.8, 4) is 11.8 Å². The molecule has 2 rings (SSSR count). The van der Waals surface area contributed by atoms with E-state index in [9.17, 15) is 8.42 Å². The van der Waals surface area contributed by atoms with E-state index in [0.29, 0.717) is 16.3 Å². The van der Waals surface area contributed by atoms with Crippen LogP contribution in [0.3, 0.4) is 0 Å². The van der Waals surface area contributed by atoms with Gasteiger partial charge in [-0.15, -0.1) is 0 Å². The molecule has 2 aromatic carbocycles. The lowest BCUT2D eigenvalue weighted by Gasteiger charge is -2.17. The number of sulfonamides is 1. The zero-order valence-electron chi connectivity index (χ0n) is 12.4. The normalized spacial score (nSPS) is 11.2. The van der Waals surface area contributed by atoms with Crippen molar-refractivity contribution in [2.24, 2.45) is 0 Å². The van der Waals surface area contributed by atoms with Crippen LogP contribution >= 0.6 is 11.6 Å². The third-order valence-corrected chi connectivity index (χ3v) is 5.23. The van der Waals surface area contributed by atoms with E-state index < -0.39 is 10.0 Å². The van der Waals surface area contributed by atoms with Crippen LogP contribution < -0.4 is 4.74 Å². The minimum absolute atomic E-state index is 0.0850. The van der Waals surface area contributed by atoms with Crippen LogP contribution in [-0.2, 0) is 10.0 Å². The van der Waals surface area contributed by atoms with Gasteiger partial charge in [0.2, 0.25) is 10.0 Å². The highest BCUT2D eigenvalue weighted by atomic mass is 35.5. The Morgan fingerprint density at radius 3 is 2.65 bits per heavy atom. The Labute approximate surface area is 140 Å². The van der Waals surface area contributed by atoms with Crippen LogP contribution in [0.4, 0.5) is 0 Å². The zero-order valence-corrected chi connectivity index (χ0v) is 14.0. The monoisotopic (exact) mass is 350 g/mol. The van der Waals surface area contributed by atoms with Gasteiger partial charge in [-0.2, -0.15) is 9.57 Å². The van der Waals surface area contributed by atoms with E-state index in [1.54, 1.807) is 36.4 Å². The Bertz CT molecular complexity index is 831. The quantitative estimate of drug-likeness (QED) is 0.803. The van der Waals surface area contributed by atoms with E-state index in [4.69, 9.17) is 21.6 Å². The molecule has 0 spiro atoms. The van der Waals surface area contributed by atoms with E-state index in [-0.39, 0.29) is 18.0 Å². The molecular weight excluding hydrogens is 336 g/mol. The summed E-state index contributed by atoms with van der Waals surface area (Å²) in [6.07, 6.45) is 0. The van der Waals surface area contributed by atoms with Crippen molar-refractivity contribution in [1.29, 1.82) is 5.26 Å². The van der Waals surface area contributed by atoms with Gasteiger partial charge >= 0.3 is 0 Å². The summed E-state index contributed by atoms with van der Waals surface area (Å²) in [5, 5.41) is 9.42. The number of ether oxygens (including phenoxy) is 1. The molecular formula is C16H15ClN2O3S. The molecule has 0 aliphatic carbocycles. The van der Waals surface area contributed by atoms with E-state index in [1.165, 1.54) is 23.5 Å². The van der Waals surface area contributed by atoms with Crippen molar-refractivity contribution in [2.75, 3.05) is 20.2 Å². The molecule has 0 bridgehead atoms. The second kappa shape index (κ2) is 7.47. The van der Waals surface area contributed by atoms with Gasteiger partial charge in [-0.1, -0.05) is 23.7 Å². The number of nitriles is 1. The van der Waals surface area contributed by atoms with Crippen LogP contribution in [0.1, 0.15) is 5.56 Å². The van der Waals surface area contributed by atoms with Gasteiger partial charge in [0, 0.05) is 18.6 Å². The van der Waals surface area contributed by atoms with E-state index in [1.807, 2.05) is 6.07 Å². The van der Waals surface area contributed by atoms with Crippen molar-refractivity contribution in [1.82, 2.24) is 4.31 Å². The first kappa shape index (κ1) is 17.3.